The Morgan fingerprint density at radius 2 is 2.18 bits per heavy atom. The van der Waals surface area contributed by atoms with Crippen molar-refractivity contribution in [2.75, 3.05) is 0 Å². The first-order valence-electron chi connectivity index (χ1n) is 5.31. The van der Waals surface area contributed by atoms with Crippen LogP contribution in [0.2, 0.25) is 0 Å². The number of furan rings is 1. The zero-order chi connectivity index (χ0) is 12.4. The molecule has 1 heterocycles. The molecule has 2 rings (SSSR count). The van der Waals surface area contributed by atoms with Crippen LogP contribution in [-0.4, -0.2) is 0 Å². The van der Waals surface area contributed by atoms with E-state index >= 15 is 0 Å². The molecule has 0 aliphatic carbocycles. The lowest BCUT2D eigenvalue weighted by molar-refractivity contribution is 0.530. The number of nitrogens with two attached hydrogens (primary N) is 1. The lowest BCUT2D eigenvalue weighted by Crippen LogP contribution is -2.13. The van der Waals surface area contributed by atoms with Gasteiger partial charge in [0, 0.05) is 11.6 Å². The summed E-state index contributed by atoms with van der Waals surface area (Å²) >= 11 is 3.30. The fourth-order valence-corrected chi connectivity index (χ4v) is 2.34. The van der Waals surface area contributed by atoms with Crippen LogP contribution in [0.5, 0.6) is 0 Å². The molecule has 2 nitrogen and oxygen atoms in total. The van der Waals surface area contributed by atoms with Crippen molar-refractivity contribution in [2.45, 2.75) is 19.4 Å². The molecule has 90 valence electrons. The molecule has 4 heteroatoms. The third-order valence-electron chi connectivity index (χ3n) is 2.79. The van der Waals surface area contributed by atoms with Crippen molar-refractivity contribution < 1.29 is 8.81 Å². The molecule has 0 saturated carbocycles. The highest BCUT2D eigenvalue weighted by atomic mass is 79.9. The third-order valence-corrected chi connectivity index (χ3v) is 3.43. The third kappa shape index (κ3) is 2.76. The Balaban J connectivity index is 2.19. The van der Waals surface area contributed by atoms with Crippen LogP contribution in [-0.2, 0) is 6.42 Å². The van der Waals surface area contributed by atoms with Gasteiger partial charge in [0.15, 0.2) is 4.67 Å². The quantitative estimate of drug-likeness (QED) is 0.937. The van der Waals surface area contributed by atoms with E-state index in [1.165, 1.54) is 12.1 Å². The Hall–Kier alpha value is -1.13. The zero-order valence-corrected chi connectivity index (χ0v) is 11.0. The van der Waals surface area contributed by atoms with Crippen molar-refractivity contribution >= 4 is 15.9 Å². The summed E-state index contributed by atoms with van der Waals surface area (Å²) in [4.78, 5) is 0. The summed E-state index contributed by atoms with van der Waals surface area (Å²) in [6, 6.07) is 6.44. The Morgan fingerprint density at radius 1 is 1.41 bits per heavy atom. The molecule has 0 spiro atoms. The normalized spacial score (nSPS) is 12.7. The molecule has 0 radical (unpaired) electrons. The van der Waals surface area contributed by atoms with Gasteiger partial charge in [-0.25, -0.2) is 4.39 Å². The minimum atomic E-state index is -0.218. The number of hydrogen-bond acceptors (Lipinski definition) is 2. The summed E-state index contributed by atoms with van der Waals surface area (Å²) in [5.41, 5.74) is 8.99. The smallest absolute Gasteiger partial charge is 0.173 e. The van der Waals surface area contributed by atoms with Gasteiger partial charge in [-0.1, -0.05) is 6.07 Å². The van der Waals surface area contributed by atoms with Gasteiger partial charge in [-0.2, -0.15) is 0 Å². The van der Waals surface area contributed by atoms with E-state index in [4.69, 9.17) is 10.2 Å². The van der Waals surface area contributed by atoms with Crippen LogP contribution < -0.4 is 5.73 Å². The van der Waals surface area contributed by atoms with Crippen LogP contribution in [0.4, 0.5) is 4.39 Å². The van der Waals surface area contributed by atoms with Crippen LogP contribution in [0.3, 0.4) is 0 Å². The highest BCUT2D eigenvalue weighted by molar-refractivity contribution is 9.10. The molecule has 1 aromatic heterocycles. The molecule has 0 bridgehead atoms. The average Bonchev–Trinajstić information content (AvgIpc) is 2.68. The number of rotatable bonds is 3. The van der Waals surface area contributed by atoms with E-state index in [2.05, 4.69) is 15.9 Å². The maximum Gasteiger partial charge on any atom is 0.173 e. The van der Waals surface area contributed by atoms with Gasteiger partial charge in [-0.3, -0.25) is 0 Å². The van der Waals surface area contributed by atoms with Gasteiger partial charge in [0.25, 0.3) is 0 Å². The van der Waals surface area contributed by atoms with Crippen LogP contribution in [0.1, 0.15) is 22.7 Å². The molecule has 0 amide bonds. The first-order valence-corrected chi connectivity index (χ1v) is 6.10. The number of aryl methyl sites for hydroxylation is 1. The van der Waals surface area contributed by atoms with Gasteiger partial charge >= 0.3 is 0 Å². The van der Waals surface area contributed by atoms with E-state index in [-0.39, 0.29) is 11.9 Å². The Labute approximate surface area is 108 Å². The highest BCUT2D eigenvalue weighted by Crippen LogP contribution is 2.26. The molecule has 2 N–H and O–H groups in total. The first kappa shape index (κ1) is 12.3. The summed E-state index contributed by atoms with van der Waals surface area (Å²) in [5.74, 6) is -0.218. The Kier molecular flexibility index (Phi) is 3.64. The molecule has 0 aliphatic heterocycles. The maximum atomic E-state index is 13.0. The second-order valence-corrected chi connectivity index (χ2v) is 4.75. The van der Waals surface area contributed by atoms with Crippen LogP contribution in [0.25, 0.3) is 0 Å². The Morgan fingerprint density at radius 3 is 2.76 bits per heavy atom. The van der Waals surface area contributed by atoms with Gasteiger partial charge < -0.3 is 10.2 Å². The lowest BCUT2D eigenvalue weighted by Gasteiger charge is -2.12. The van der Waals surface area contributed by atoms with E-state index in [1.54, 1.807) is 12.3 Å². The van der Waals surface area contributed by atoms with Crippen molar-refractivity contribution in [3.05, 3.63) is 57.7 Å². The predicted molar refractivity (Wildman–Crippen MR) is 68.2 cm³/mol. The van der Waals surface area contributed by atoms with Gasteiger partial charge in [-0.15, -0.1) is 0 Å². The molecule has 0 fully saturated rings. The fraction of sp³-hybridized carbons (Fsp3) is 0.231. The summed E-state index contributed by atoms with van der Waals surface area (Å²) in [7, 11) is 0. The van der Waals surface area contributed by atoms with Gasteiger partial charge in [0.05, 0.1) is 6.26 Å². The second-order valence-electron chi connectivity index (χ2n) is 4.03. The number of hydrogen-bond donors (Lipinski definition) is 1. The monoisotopic (exact) mass is 297 g/mol. The van der Waals surface area contributed by atoms with Gasteiger partial charge in [0.1, 0.15) is 5.82 Å². The molecular formula is C13H13BrFNO. The summed E-state index contributed by atoms with van der Waals surface area (Å²) in [6.07, 6.45) is 2.25. The second kappa shape index (κ2) is 5.02. The standard InChI is InChI=1S/C13H13BrFNO/c1-8-6-10(15)3-2-9(8)7-12(16)11-4-5-17-13(11)14/h2-6,12H,7,16H2,1H3. The van der Waals surface area contributed by atoms with Crippen molar-refractivity contribution in [1.29, 1.82) is 0 Å². The van der Waals surface area contributed by atoms with Gasteiger partial charge in [-0.05, 0) is 58.6 Å². The molecule has 1 aromatic carbocycles. The molecule has 0 aliphatic rings. The topological polar surface area (TPSA) is 39.2 Å². The molecular weight excluding hydrogens is 285 g/mol. The van der Waals surface area contributed by atoms with Crippen molar-refractivity contribution in [3.63, 3.8) is 0 Å². The van der Waals surface area contributed by atoms with E-state index in [0.717, 1.165) is 16.7 Å². The van der Waals surface area contributed by atoms with E-state index in [0.29, 0.717) is 11.1 Å². The summed E-state index contributed by atoms with van der Waals surface area (Å²) < 4.78 is 18.8. The van der Waals surface area contributed by atoms with Gasteiger partial charge in [0.2, 0.25) is 0 Å². The maximum absolute atomic E-state index is 13.0. The van der Waals surface area contributed by atoms with E-state index in [1.807, 2.05) is 13.0 Å². The van der Waals surface area contributed by atoms with Crippen molar-refractivity contribution in [2.24, 2.45) is 5.73 Å². The summed E-state index contributed by atoms with van der Waals surface area (Å²) in [6.45, 7) is 1.88. The molecule has 1 unspecified atom stereocenters. The molecule has 17 heavy (non-hydrogen) atoms. The molecule has 0 saturated heterocycles. The first-order chi connectivity index (χ1) is 8.08. The largest absolute Gasteiger partial charge is 0.457 e. The van der Waals surface area contributed by atoms with Crippen LogP contribution in [0.15, 0.2) is 39.6 Å². The van der Waals surface area contributed by atoms with Crippen molar-refractivity contribution in [3.8, 4) is 0 Å². The van der Waals surface area contributed by atoms with Crippen molar-refractivity contribution in [1.82, 2.24) is 0 Å². The Bertz CT molecular complexity index is 524. The number of benzene rings is 1. The molecule has 2 aromatic rings. The van der Waals surface area contributed by atoms with E-state index in [9.17, 15) is 4.39 Å². The minimum absolute atomic E-state index is 0.160. The fourth-order valence-electron chi connectivity index (χ4n) is 1.81. The van der Waals surface area contributed by atoms with Crippen LogP contribution >= 0.6 is 15.9 Å². The van der Waals surface area contributed by atoms with E-state index < -0.39 is 0 Å². The lowest BCUT2D eigenvalue weighted by atomic mass is 9.98. The SMILES string of the molecule is Cc1cc(F)ccc1CC(N)c1ccoc1Br. The highest BCUT2D eigenvalue weighted by Gasteiger charge is 2.14. The minimum Gasteiger partial charge on any atom is -0.457 e. The van der Waals surface area contributed by atoms with Crippen LogP contribution in [0, 0.1) is 12.7 Å². The summed E-state index contributed by atoms with van der Waals surface area (Å²) in [5, 5.41) is 0. The zero-order valence-electron chi connectivity index (χ0n) is 9.41. The predicted octanol–water partition coefficient (Wildman–Crippen LogP) is 3.73. The number of halogens is 2. The average molecular weight is 298 g/mol. The molecule has 1 atom stereocenters.